The number of benzene rings is 2. The lowest BCUT2D eigenvalue weighted by molar-refractivity contribution is 0.0784. The minimum Gasteiger partial charge on any atom is -0.367 e. The Labute approximate surface area is 152 Å². The summed E-state index contributed by atoms with van der Waals surface area (Å²) in [6, 6.07) is 10.7. The van der Waals surface area contributed by atoms with E-state index in [4.69, 9.17) is 0 Å². The summed E-state index contributed by atoms with van der Waals surface area (Å²) in [6.07, 6.45) is 0. The van der Waals surface area contributed by atoms with Gasteiger partial charge in [-0.3, -0.25) is 4.79 Å². The molecule has 6 heteroatoms. The Bertz CT molecular complexity index is 788. The van der Waals surface area contributed by atoms with Gasteiger partial charge in [0, 0.05) is 45.3 Å². The maximum Gasteiger partial charge on any atom is 0.254 e. The fourth-order valence-corrected chi connectivity index (χ4v) is 3.15. The Morgan fingerprint density at radius 3 is 2.46 bits per heavy atom. The van der Waals surface area contributed by atoms with Crippen LogP contribution in [0.2, 0.25) is 0 Å². The molecule has 2 aromatic rings. The smallest absolute Gasteiger partial charge is 0.254 e. The molecule has 0 saturated carbocycles. The number of amides is 1. The van der Waals surface area contributed by atoms with Crippen LogP contribution < -0.4 is 4.90 Å². The molecule has 0 unspecified atom stereocenters. The maximum atomic E-state index is 14.6. The number of nitrogens with zero attached hydrogens (tertiary/aromatic N) is 3. The Hall–Kier alpha value is -2.47. The lowest BCUT2D eigenvalue weighted by Gasteiger charge is -2.34. The van der Waals surface area contributed by atoms with Crippen molar-refractivity contribution in [3.8, 4) is 0 Å². The van der Waals surface area contributed by atoms with Crippen LogP contribution in [0.15, 0.2) is 42.5 Å². The molecule has 0 radical (unpaired) electrons. The van der Waals surface area contributed by atoms with Crippen LogP contribution in [0, 0.1) is 11.6 Å². The van der Waals surface area contributed by atoms with Crippen LogP contribution in [-0.2, 0) is 6.54 Å². The molecule has 138 valence electrons. The first-order chi connectivity index (χ1) is 12.4. The van der Waals surface area contributed by atoms with Gasteiger partial charge in [0.15, 0.2) is 0 Å². The molecule has 1 fully saturated rings. The molecule has 2 aromatic carbocycles. The number of carbonyl (C=O) groups is 1. The number of hydrogen-bond donors (Lipinski definition) is 0. The molecule has 1 aliphatic rings. The normalized spacial score (nSPS) is 15.2. The van der Waals surface area contributed by atoms with Gasteiger partial charge in [-0.05, 0) is 42.9 Å². The van der Waals surface area contributed by atoms with E-state index in [2.05, 4.69) is 4.90 Å². The van der Waals surface area contributed by atoms with Crippen LogP contribution in [0.4, 0.5) is 14.5 Å². The van der Waals surface area contributed by atoms with Gasteiger partial charge in [-0.2, -0.15) is 0 Å². The van der Waals surface area contributed by atoms with Gasteiger partial charge in [0.2, 0.25) is 0 Å². The van der Waals surface area contributed by atoms with Crippen molar-refractivity contribution in [2.24, 2.45) is 0 Å². The highest BCUT2D eigenvalue weighted by molar-refractivity contribution is 5.94. The van der Waals surface area contributed by atoms with E-state index in [1.807, 2.05) is 11.9 Å². The zero-order valence-electron chi connectivity index (χ0n) is 15.1. The molecule has 1 aliphatic heterocycles. The fraction of sp³-hybridized carbons (Fsp3) is 0.350. The Morgan fingerprint density at radius 1 is 1.08 bits per heavy atom. The first kappa shape index (κ1) is 18.3. The Balaban J connectivity index is 1.70. The number of anilines is 1. The van der Waals surface area contributed by atoms with E-state index in [1.165, 1.54) is 23.1 Å². The highest BCUT2D eigenvalue weighted by Gasteiger charge is 2.20. The summed E-state index contributed by atoms with van der Waals surface area (Å²) in [4.78, 5) is 18.2. The first-order valence-corrected chi connectivity index (χ1v) is 8.67. The number of piperazine rings is 1. The van der Waals surface area contributed by atoms with Crippen molar-refractivity contribution >= 4 is 11.6 Å². The van der Waals surface area contributed by atoms with E-state index < -0.39 is 0 Å². The molecule has 1 heterocycles. The summed E-state index contributed by atoms with van der Waals surface area (Å²) in [7, 11) is 3.67. The van der Waals surface area contributed by atoms with Crippen LogP contribution in [-0.4, -0.2) is 56.0 Å². The molecule has 0 aromatic heterocycles. The van der Waals surface area contributed by atoms with Crippen molar-refractivity contribution < 1.29 is 13.6 Å². The zero-order chi connectivity index (χ0) is 18.7. The van der Waals surface area contributed by atoms with Crippen LogP contribution in [0.25, 0.3) is 0 Å². The molecule has 1 saturated heterocycles. The Kier molecular flexibility index (Phi) is 5.52. The largest absolute Gasteiger partial charge is 0.367 e. The second-order valence-corrected chi connectivity index (χ2v) is 6.75. The maximum absolute atomic E-state index is 14.6. The van der Waals surface area contributed by atoms with Crippen LogP contribution >= 0.6 is 0 Å². The average Bonchev–Trinajstić information content (AvgIpc) is 2.62. The van der Waals surface area contributed by atoms with Gasteiger partial charge >= 0.3 is 0 Å². The van der Waals surface area contributed by atoms with E-state index in [9.17, 15) is 13.6 Å². The third-order valence-electron chi connectivity index (χ3n) is 4.69. The molecule has 0 aliphatic carbocycles. The highest BCUT2D eigenvalue weighted by Crippen LogP contribution is 2.22. The van der Waals surface area contributed by atoms with Crippen molar-refractivity contribution in [2.45, 2.75) is 6.54 Å². The lowest BCUT2D eigenvalue weighted by atomic mass is 10.1. The van der Waals surface area contributed by atoms with Gasteiger partial charge in [0.1, 0.15) is 11.6 Å². The number of halogens is 2. The predicted molar refractivity (Wildman–Crippen MR) is 98.3 cm³/mol. The molecular formula is C20H23F2N3O. The SMILES string of the molecule is CN1CCN(c2ccc(C(=O)N(C)Cc3cccc(F)c3)cc2F)CC1. The summed E-state index contributed by atoms with van der Waals surface area (Å²) in [5.41, 5.74) is 1.51. The summed E-state index contributed by atoms with van der Waals surface area (Å²) in [5.74, 6) is -1.02. The van der Waals surface area contributed by atoms with Gasteiger partial charge in [0.25, 0.3) is 5.91 Å². The molecule has 0 spiro atoms. The molecule has 1 amide bonds. The number of carbonyl (C=O) groups excluding carboxylic acids is 1. The van der Waals surface area contributed by atoms with E-state index in [-0.39, 0.29) is 24.1 Å². The van der Waals surface area contributed by atoms with E-state index in [1.54, 1.807) is 31.3 Å². The summed E-state index contributed by atoms with van der Waals surface area (Å²) >= 11 is 0. The third kappa shape index (κ3) is 4.19. The predicted octanol–water partition coefficient (Wildman–Crippen LogP) is 2.99. The van der Waals surface area contributed by atoms with Crippen LogP contribution in [0.5, 0.6) is 0 Å². The third-order valence-corrected chi connectivity index (χ3v) is 4.69. The minimum absolute atomic E-state index is 0.262. The topological polar surface area (TPSA) is 26.8 Å². The van der Waals surface area contributed by atoms with Crippen LogP contribution in [0.3, 0.4) is 0 Å². The highest BCUT2D eigenvalue weighted by atomic mass is 19.1. The molecular weight excluding hydrogens is 336 g/mol. The van der Waals surface area contributed by atoms with E-state index in [0.717, 1.165) is 26.2 Å². The molecule has 4 nitrogen and oxygen atoms in total. The summed E-state index contributed by atoms with van der Waals surface area (Å²) in [6.45, 7) is 3.56. The lowest BCUT2D eigenvalue weighted by Crippen LogP contribution is -2.44. The van der Waals surface area contributed by atoms with Crippen LogP contribution in [0.1, 0.15) is 15.9 Å². The van der Waals surface area contributed by atoms with Gasteiger partial charge in [0.05, 0.1) is 5.69 Å². The van der Waals surface area contributed by atoms with E-state index >= 15 is 0 Å². The van der Waals surface area contributed by atoms with Crippen molar-refractivity contribution in [1.29, 1.82) is 0 Å². The molecule has 0 N–H and O–H groups in total. The number of hydrogen-bond acceptors (Lipinski definition) is 3. The van der Waals surface area contributed by atoms with Crippen molar-refractivity contribution in [1.82, 2.24) is 9.80 Å². The second kappa shape index (κ2) is 7.83. The number of likely N-dealkylation sites (N-methyl/N-ethyl adjacent to an activating group) is 1. The van der Waals surface area contributed by atoms with Gasteiger partial charge in [-0.25, -0.2) is 8.78 Å². The second-order valence-electron chi connectivity index (χ2n) is 6.75. The van der Waals surface area contributed by atoms with Gasteiger partial charge in [-0.15, -0.1) is 0 Å². The van der Waals surface area contributed by atoms with Crippen molar-refractivity contribution in [2.75, 3.05) is 45.2 Å². The Morgan fingerprint density at radius 2 is 1.81 bits per heavy atom. The molecule has 0 atom stereocenters. The fourth-order valence-electron chi connectivity index (χ4n) is 3.15. The molecule has 26 heavy (non-hydrogen) atoms. The first-order valence-electron chi connectivity index (χ1n) is 8.67. The zero-order valence-corrected chi connectivity index (χ0v) is 15.1. The summed E-state index contributed by atoms with van der Waals surface area (Å²) in [5, 5.41) is 0. The monoisotopic (exact) mass is 359 g/mol. The minimum atomic E-state index is -0.389. The van der Waals surface area contributed by atoms with Gasteiger partial charge in [-0.1, -0.05) is 12.1 Å². The standard InChI is InChI=1S/C20H23F2N3O/c1-23-8-10-25(11-9-23)19-7-6-16(13-18(19)22)20(26)24(2)14-15-4-3-5-17(21)12-15/h3-7,12-13H,8-11,14H2,1-2H3. The average molecular weight is 359 g/mol. The quantitative estimate of drug-likeness (QED) is 0.840. The van der Waals surface area contributed by atoms with E-state index in [0.29, 0.717) is 16.8 Å². The van der Waals surface area contributed by atoms with Gasteiger partial charge < -0.3 is 14.7 Å². The summed E-state index contributed by atoms with van der Waals surface area (Å²) < 4.78 is 27.8. The van der Waals surface area contributed by atoms with Crippen molar-refractivity contribution in [3.05, 3.63) is 65.2 Å². The molecule has 3 rings (SSSR count). The molecule has 0 bridgehead atoms. The van der Waals surface area contributed by atoms with Crippen molar-refractivity contribution in [3.63, 3.8) is 0 Å². The number of rotatable bonds is 4.